The van der Waals surface area contributed by atoms with Crippen LogP contribution in [0.2, 0.25) is 0 Å². The first kappa shape index (κ1) is 13.0. The Morgan fingerprint density at radius 3 is 3.06 bits per heavy atom. The molecule has 2 unspecified atom stereocenters. The second kappa shape index (κ2) is 5.93. The van der Waals surface area contributed by atoms with Crippen molar-refractivity contribution in [3.05, 3.63) is 24.0 Å². The lowest BCUT2D eigenvalue weighted by atomic mass is 10.1. The number of ether oxygens (including phenoxy) is 2. The Labute approximate surface area is 106 Å². The van der Waals surface area contributed by atoms with Gasteiger partial charge in [-0.2, -0.15) is 0 Å². The lowest BCUT2D eigenvalue weighted by Gasteiger charge is -2.11. The van der Waals surface area contributed by atoms with Crippen LogP contribution in [0.4, 0.5) is 0 Å². The van der Waals surface area contributed by atoms with Gasteiger partial charge in [0.15, 0.2) is 5.78 Å². The number of carbonyl (C=O) groups excluding carboxylic acids is 1. The maximum absolute atomic E-state index is 12.2. The number of carbonyl (C=O) groups is 1. The molecule has 0 saturated carbocycles. The Morgan fingerprint density at radius 1 is 1.56 bits per heavy atom. The lowest BCUT2D eigenvalue weighted by molar-refractivity contribution is 0.0403. The highest BCUT2D eigenvalue weighted by Crippen LogP contribution is 2.23. The van der Waals surface area contributed by atoms with Crippen LogP contribution in [-0.2, 0) is 4.74 Å². The van der Waals surface area contributed by atoms with Crippen molar-refractivity contribution in [3.8, 4) is 5.75 Å². The molecule has 2 rings (SSSR count). The maximum atomic E-state index is 12.2. The van der Waals surface area contributed by atoms with Gasteiger partial charge in [0.25, 0.3) is 0 Å². The van der Waals surface area contributed by atoms with E-state index in [9.17, 15) is 4.79 Å². The summed E-state index contributed by atoms with van der Waals surface area (Å²) in [6, 6.07) is 1.71. The second-order valence-corrected chi connectivity index (χ2v) is 4.27. The zero-order valence-electron chi connectivity index (χ0n) is 10.5. The molecule has 0 amide bonds. The monoisotopic (exact) mass is 250 g/mol. The smallest absolute Gasteiger partial charge is 0.193 e. The van der Waals surface area contributed by atoms with Crippen LogP contribution < -0.4 is 10.5 Å². The fraction of sp³-hybridized carbons (Fsp3) is 0.538. The fourth-order valence-electron chi connectivity index (χ4n) is 2.06. The average Bonchev–Trinajstić information content (AvgIpc) is 2.87. The zero-order valence-corrected chi connectivity index (χ0v) is 10.5. The molecule has 0 aliphatic carbocycles. The van der Waals surface area contributed by atoms with E-state index in [1.807, 2.05) is 6.92 Å². The average molecular weight is 250 g/mol. The molecule has 2 N–H and O–H groups in total. The molecule has 0 spiro atoms. The van der Waals surface area contributed by atoms with Crippen molar-refractivity contribution in [2.24, 2.45) is 5.73 Å². The predicted molar refractivity (Wildman–Crippen MR) is 66.7 cm³/mol. The lowest BCUT2D eigenvalue weighted by Crippen LogP contribution is -2.25. The van der Waals surface area contributed by atoms with Gasteiger partial charge in [0.1, 0.15) is 11.9 Å². The Morgan fingerprint density at radius 2 is 2.39 bits per heavy atom. The topological polar surface area (TPSA) is 74.4 Å². The molecule has 18 heavy (non-hydrogen) atoms. The molecule has 5 nitrogen and oxygen atoms in total. The largest absolute Gasteiger partial charge is 0.492 e. The van der Waals surface area contributed by atoms with Crippen LogP contribution in [0.25, 0.3) is 0 Å². The third kappa shape index (κ3) is 2.86. The van der Waals surface area contributed by atoms with E-state index < -0.39 is 6.10 Å². The van der Waals surface area contributed by atoms with Crippen molar-refractivity contribution in [2.45, 2.75) is 32.0 Å². The number of Topliss-reactive ketones (excluding diaryl/α,β-unsaturated/α-hetero) is 1. The fourth-order valence-corrected chi connectivity index (χ4v) is 2.06. The molecule has 2 heterocycles. The standard InChI is InChI=1S/C13H18N2O3/c1-2-17-11-5-9(7-15-8-11)13(16)12-4-3-10(6-14)18-12/h5,7-8,10,12H,2-4,6,14H2,1H3. The Bertz CT molecular complexity index is 422. The summed E-state index contributed by atoms with van der Waals surface area (Å²) in [5.41, 5.74) is 6.06. The van der Waals surface area contributed by atoms with E-state index in [0.717, 1.165) is 12.8 Å². The van der Waals surface area contributed by atoms with Gasteiger partial charge < -0.3 is 15.2 Å². The number of hydrogen-bond donors (Lipinski definition) is 1. The molecule has 98 valence electrons. The van der Waals surface area contributed by atoms with Crippen molar-refractivity contribution in [3.63, 3.8) is 0 Å². The van der Waals surface area contributed by atoms with Crippen LogP contribution in [-0.4, -0.2) is 36.1 Å². The van der Waals surface area contributed by atoms with Gasteiger partial charge in [0.2, 0.25) is 0 Å². The van der Waals surface area contributed by atoms with E-state index in [2.05, 4.69) is 4.98 Å². The summed E-state index contributed by atoms with van der Waals surface area (Å²) in [6.07, 6.45) is 4.31. The van der Waals surface area contributed by atoms with Crippen LogP contribution in [0.5, 0.6) is 5.75 Å². The molecule has 5 heteroatoms. The van der Waals surface area contributed by atoms with Gasteiger partial charge in [-0.3, -0.25) is 9.78 Å². The summed E-state index contributed by atoms with van der Waals surface area (Å²) in [7, 11) is 0. The predicted octanol–water partition coefficient (Wildman–Crippen LogP) is 1.17. The molecule has 1 saturated heterocycles. The van der Waals surface area contributed by atoms with Gasteiger partial charge in [-0.25, -0.2) is 0 Å². The van der Waals surface area contributed by atoms with Crippen LogP contribution in [0.3, 0.4) is 0 Å². The summed E-state index contributed by atoms with van der Waals surface area (Å²) in [4.78, 5) is 16.2. The normalized spacial score (nSPS) is 23.0. The van der Waals surface area contributed by atoms with E-state index in [0.29, 0.717) is 24.5 Å². The van der Waals surface area contributed by atoms with Crippen molar-refractivity contribution in [1.29, 1.82) is 0 Å². The van der Waals surface area contributed by atoms with Crippen molar-refractivity contribution < 1.29 is 14.3 Å². The zero-order chi connectivity index (χ0) is 13.0. The molecule has 0 bridgehead atoms. The SMILES string of the molecule is CCOc1cncc(C(=O)C2CCC(CN)O2)c1. The maximum Gasteiger partial charge on any atom is 0.193 e. The van der Waals surface area contributed by atoms with Gasteiger partial charge >= 0.3 is 0 Å². The molecule has 1 aromatic heterocycles. The minimum Gasteiger partial charge on any atom is -0.492 e. The molecule has 1 aromatic rings. The van der Waals surface area contributed by atoms with Crippen molar-refractivity contribution in [2.75, 3.05) is 13.2 Å². The number of pyridine rings is 1. The number of nitrogens with zero attached hydrogens (tertiary/aromatic N) is 1. The van der Waals surface area contributed by atoms with Gasteiger partial charge in [0.05, 0.1) is 18.9 Å². The van der Waals surface area contributed by atoms with E-state index in [-0.39, 0.29) is 11.9 Å². The number of hydrogen-bond acceptors (Lipinski definition) is 5. The highest BCUT2D eigenvalue weighted by atomic mass is 16.5. The Balaban J connectivity index is 2.07. The number of rotatable bonds is 5. The van der Waals surface area contributed by atoms with E-state index in [4.69, 9.17) is 15.2 Å². The van der Waals surface area contributed by atoms with Crippen LogP contribution in [0, 0.1) is 0 Å². The number of nitrogens with two attached hydrogens (primary N) is 1. The van der Waals surface area contributed by atoms with Gasteiger partial charge in [-0.15, -0.1) is 0 Å². The minimum atomic E-state index is -0.391. The molecular formula is C13H18N2O3. The number of ketones is 1. The first-order valence-corrected chi connectivity index (χ1v) is 6.22. The quantitative estimate of drug-likeness (QED) is 0.794. The second-order valence-electron chi connectivity index (χ2n) is 4.27. The molecule has 1 fully saturated rings. The highest BCUT2D eigenvalue weighted by Gasteiger charge is 2.30. The van der Waals surface area contributed by atoms with Crippen LogP contribution >= 0.6 is 0 Å². The molecule has 1 aliphatic heterocycles. The van der Waals surface area contributed by atoms with Crippen molar-refractivity contribution in [1.82, 2.24) is 4.98 Å². The van der Waals surface area contributed by atoms with Crippen LogP contribution in [0.15, 0.2) is 18.5 Å². The summed E-state index contributed by atoms with van der Waals surface area (Å²) < 4.78 is 10.9. The summed E-state index contributed by atoms with van der Waals surface area (Å²) in [6.45, 7) is 2.90. The molecule has 2 atom stereocenters. The molecule has 0 radical (unpaired) electrons. The minimum absolute atomic E-state index is 0.00184. The summed E-state index contributed by atoms with van der Waals surface area (Å²) >= 11 is 0. The van der Waals surface area contributed by atoms with Crippen LogP contribution in [0.1, 0.15) is 30.1 Å². The van der Waals surface area contributed by atoms with E-state index in [1.54, 1.807) is 18.5 Å². The summed E-state index contributed by atoms with van der Waals surface area (Å²) in [5.74, 6) is 0.566. The third-order valence-electron chi connectivity index (χ3n) is 2.97. The van der Waals surface area contributed by atoms with E-state index >= 15 is 0 Å². The third-order valence-corrected chi connectivity index (χ3v) is 2.97. The number of aromatic nitrogens is 1. The van der Waals surface area contributed by atoms with Gasteiger partial charge in [0, 0.05) is 18.3 Å². The van der Waals surface area contributed by atoms with Gasteiger partial charge in [-0.1, -0.05) is 0 Å². The Kier molecular flexibility index (Phi) is 4.28. The Hall–Kier alpha value is -1.46. The van der Waals surface area contributed by atoms with E-state index in [1.165, 1.54) is 0 Å². The van der Waals surface area contributed by atoms with Gasteiger partial charge in [-0.05, 0) is 25.8 Å². The van der Waals surface area contributed by atoms with Crippen molar-refractivity contribution >= 4 is 5.78 Å². The first-order chi connectivity index (χ1) is 8.74. The molecule has 0 aromatic carbocycles. The first-order valence-electron chi connectivity index (χ1n) is 6.22. The highest BCUT2D eigenvalue weighted by molar-refractivity contribution is 5.99. The molecular weight excluding hydrogens is 232 g/mol. The summed E-state index contributed by atoms with van der Waals surface area (Å²) in [5, 5.41) is 0. The molecule has 1 aliphatic rings.